The van der Waals surface area contributed by atoms with Crippen LogP contribution in [0.5, 0.6) is 0 Å². The summed E-state index contributed by atoms with van der Waals surface area (Å²) in [6.45, 7) is 1.76. The number of anilines is 1. The topological polar surface area (TPSA) is 97.4 Å². The van der Waals surface area contributed by atoms with Crippen molar-refractivity contribution in [3.8, 4) is 11.3 Å². The lowest BCUT2D eigenvalue weighted by molar-refractivity contribution is -0.384. The zero-order valence-electron chi connectivity index (χ0n) is 14.9. The Morgan fingerprint density at radius 2 is 1.90 bits per heavy atom. The van der Waals surface area contributed by atoms with E-state index in [0.29, 0.717) is 27.1 Å². The first-order valence-corrected chi connectivity index (χ1v) is 9.33. The number of carbonyl (C=O) groups excluding carboxylic acids is 1. The van der Waals surface area contributed by atoms with Gasteiger partial charge in [-0.25, -0.2) is 0 Å². The van der Waals surface area contributed by atoms with Gasteiger partial charge in [-0.05, 0) is 55.0 Å². The number of thiocarbonyl (C=S) groups is 1. The van der Waals surface area contributed by atoms with Gasteiger partial charge in [0.1, 0.15) is 5.76 Å². The predicted octanol–water partition coefficient (Wildman–Crippen LogP) is 5.60. The fraction of sp³-hybridized carbons (Fsp3) is 0.0526. The molecule has 10 heteroatoms. The molecule has 1 amide bonds. The summed E-state index contributed by atoms with van der Waals surface area (Å²) in [6, 6.07) is 12.3. The zero-order valence-corrected chi connectivity index (χ0v) is 17.2. The van der Waals surface area contributed by atoms with E-state index in [2.05, 4.69) is 10.6 Å². The number of nitrogens with one attached hydrogen (secondary N) is 2. The summed E-state index contributed by atoms with van der Waals surface area (Å²) in [5, 5.41) is 17.0. The Morgan fingerprint density at radius 1 is 1.14 bits per heavy atom. The highest BCUT2D eigenvalue weighted by Gasteiger charge is 2.16. The average molecular weight is 450 g/mol. The van der Waals surface area contributed by atoms with Gasteiger partial charge in [0.15, 0.2) is 10.9 Å². The molecule has 29 heavy (non-hydrogen) atoms. The van der Waals surface area contributed by atoms with E-state index in [1.807, 2.05) is 0 Å². The summed E-state index contributed by atoms with van der Waals surface area (Å²) >= 11 is 17.2. The van der Waals surface area contributed by atoms with E-state index in [1.54, 1.807) is 37.3 Å². The summed E-state index contributed by atoms with van der Waals surface area (Å²) in [7, 11) is 0. The first kappa shape index (κ1) is 20.8. The Labute approximate surface area is 180 Å². The van der Waals surface area contributed by atoms with E-state index in [1.165, 1.54) is 18.2 Å². The van der Waals surface area contributed by atoms with E-state index in [9.17, 15) is 14.9 Å². The number of hydrogen-bond acceptors (Lipinski definition) is 5. The Kier molecular flexibility index (Phi) is 6.17. The highest BCUT2D eigenvalue weighted by molar-refractivity contribution is 7.80. The van der Waals surface area contributed by atoms with E-state index in [-0.39, 0.29) is 16.6 Å². The van der Waals surface area contributed by atoms with Crippen molar-refractivity contribution < 1.29 is 14.1 Å². The molecule has 0 aliphatic rings. The second-order valence-corrected chi connectivity index (χ2v) is 7.20. The van der Waals surface area contributed by atoms with Crippen LogP contribution in [0.2, 0.25) is 10.0 Å². The van der Waals surface area contributed by atoms with Gasteiger partial charge in [0.2, 0.25) is 0 Å². The van der Waals surface area contributed by atoms with Gasteiger partial charge < -0.3 is 9.73 Å². The van der Waals surface area contributed by atoms with Gasteiger partial charge in [0.05, 0.1) is 9.95 Å². The third-order valence-corrected chi connectivity index (χ3v) is 4.69. The fourth-order valence-corrected chi connectivity index (χ4v) is 3.17. The maximum absolute atomic E-state index is 12.4. The van der Waals surface area contributed by atoms with Crippen LogP contribution in [0.3, 0.4) is 0 Å². The van der Waals surface area contributed by atoms with E-state index >= 15 is 0 Å². The lowest BCUT2D eigenvalue weighted by Gasteiger charge is -2.11. The first-order valence-electron chi connectivity index (χ1n) is 8.17. The molecular weight excluding hydrogens is 437 g/mol. The Hall–Kier alpha value is -2.94. The highest BCUT2D eigenvalue weighted by atomic mass is 35.5. The third kappa shape index (κ3) is 4.92. The van der Waals surface area contributed by atoms with Gasteiger partial charge in [0, 0.05) is 28.4 Å². The molecule has 0 spiro atoms. The Balaban J connectivity index is 1.71. The standard InChI is InChI=1S/C19H13Cl2N3O4S/c1-10-2-4-12(24(26)27)9-15(10)22-19(29)23-18(25)17-7-6-16(28-17)13-5-3-11(20)8-14(13)21/h2-9H,1H3,(H2,22,23,25,29). The molecule has 0 saturated heterocycles. The number of nitro benzene ring substituents is 1. The van der Waals surface area contributed by atoms with Gasteiger partial charge >= 0.3 is 0 Å². The van der Waals surface area contributed by atoms with Gasteiger partial charge in [-0.2, -0.15) is 0 Å². The van der Waals surface area contributed by atoms with E-state index in [4.69, 9.17) is 39.8 Å². The molecule has 3 aromatic rings. The number of benzene rings is 2. The quantitative estimate of drug-likeness (QED) is 0.305. The fourth-order valence-electron chi connectivity index (χ4n) is 2.47. The summed E-state index contributed by atoms with van der Waals surface area (Å²) in [5.74, 6) is -0.168. The molecule has 7 nitrogen and oxygen atoms in total. The smallest absolute Gasteiger partial charge is 0.293 e. The van der Waals surface area contributed by atoms with Crippen LogP contribution >= 0.6 is 35.4 Å². The molecule has 2 N–H and O–H groups in total. The monoisotopic (exact) mass is 449 g/mol. The van der Waals surface area contributed by atoms with Crippen molar-refractivity contribution in [2.75, 3.05) is 5.32 Å². The van der Waals surface area contributed by atoms with Crippen molar-refractivity contribution in [1.82, 2.24) is 5.32 Å². The largest absolute Gasteiger partial charge is 0.451 e. The number of nitrogens with zero attached hydrogens (tertiary/aromatic N) is 1. The summed E-state index contributed by atoms with van der Waals surface area (Å²) in [6.07, 6.45) is 0. The number of furan rings is 1. The molecule has 0 atom stereocenters. The molecule has 0 fully saturated rings. The molecule has 0 aliphatic carbocycles. The molecule has 1 heterocycles. The maximum atomic E-state index is 12.4. The molecule has 3 rings (SSSR count). The second-order valence-electron chi connectivity index (χ2n) is 5.95. The number of halogens is 2. The number of carbonyl (C=O) groups is 1. The van der Waals surface area contributed by atoms with Crippen LogP contribution in [0, 0.1) is 17.0 Å². The third-order valence-electron chi connectivity index (χ3n) is 3.93. The number of rotatable bonds is 4. The molecule has 2 aromatic carbocycles. The van der Waals surface area contributed by atoms with Gasteiger partial charge in [-0.1, -0.05) is 29.3 Å². The second kappa shape index (κ2) is 8.60. The van der Waals surface area contributed by atoms with Crippen molar-refractivity contribution >= 4 is 57.8 Å². The predicted molar refractivity (Wildman–Crippen MR) is 116 cm³/mol. The molecule has 0 saturated carbocycles. The molecule has 148 valence electrons. The average Bonchev–Trinajstić information content (AvgIpc) is 3.13. The normalized spacial score (nSPS) is 10.4. The SMILES string of the molecule is Cc1ccc([N+](=O)[O-])cc1NC(=S)NC(=O)c1ccc(-c2ccc(Cl)cc2Cl)o1. The molecule has 0 unspecified atom stereocenters. The summed E-state index contributed by atoms with van der Waals surface area (Å²) in [4.78, 5) is 22.8. The van der Waals surface area contributed by atoms with Crippen LogP contribution in [0.4, 0.5) is 11.4 Å². The van der Waals surface area contributed by atoms with Gasteiger partial charge in [-0.15, -0.1) is 0 Å². The Morgan fingerprint density at radius 3 is 2.59 bits per heavy atom. The van der Waals surface area contributed by atoms with Crippen LogP contribution in [0.1, 0.15) is 16.1 Å². The van der Waals surface area contributed by atoms with Gasteiger partial charge in [-0.3, -0.25) is 20.2 Å². The van der Waals surface area contributed by atoms with E-state index < -0.39 is 10.8 Å². The molecular formula is C19H13Cl2N3O4S. The van der Waals surface area contributed by atoms with Crippen molar-refractivity contribution in [3.63, 3.8) is 0 Å². The Bertz CT molecular complexity index is 1130. The van der Waals surface area contributed by atoms with Crippen molar-refractivity contribution in [1.29, 1.82) is 0 Å². The lowest BCUT2D eigenvalue weighted by atomic mass is 10.2. The van der Waals surface area contributed by atoms with Crippen molar-refractivity contribution in [3.05, 3.63) is 80.0 Å². The van der Waals surface area contributed by atoms with Crippen LogP contribution in [-0.4, -0.2) is 15.9 Å². The zero-order chi connectivity index (χ0) is 21.1. The highest BCUT2D eigenvalue weighted by Crippen LogP contribution is 2.31. The molecule has 0 aliphatic heterocycles. The number of aryl methyl sites for hydroxylation is 1. The van der Waals surface area contributed by atoms with Crippen LogP contribution in [0.15, 0.2) is 52.9 Å². The van der Waals surface area contributed by atoms with Gasteiger partial charge in [0.25, 0.3) is 11.6 Å². The first-order chi connectivity index (χ1) is 13.7. The number of hydrogen-bond donors (Lipinski definition) is 2. The molecule has 0 bridgehead atoms. The number of non-ortho nitro benzene ring substituents is 1. The number of amides is 1. The minimum atomic E-state index is -0.582. The van der Waals surface area contributed by atoms with Crippen molar-refractivity contribution in [2.45, 2.75) is 6.92 Å². The van der Waals surface area contributed by atoms with Crippen LogP contribution < -0.4 is 10.6 Å². The van der Waals surface area contributed by atoms with E-state index in [0.717, 1.165) is 5.56 Å². The van der Waals surface area contributed by atoms with Crippen LogP contribution in [0.25, 0.3) is 11.3 Å². The number of nitro groups is 1. The van der Waals surface area contributed by atoms with Crippen LogP contribution in [-0.2, 0) is 0 Å². The maximum Gasteiger partial charge on any atom is 0.293 e. The minimum Gasteiger partial charge on any atom is -0.451 e. The summed E-state index contributed by atoms with van der Waals surface area (Å²) < 4.78 is 5.56. The summed E-state index contributed by atoms with van der Waals surface area (Å²) in [5.41, 5.74) is 1.63. The molecule has 0 radical (unpaired) electrons. The molecule has 1 aromatic heterocycles. The minimum absolute atomic E-state index is 0.0194. The lowest BCUT2D eigenvalue weighted by Crippen LogP contribution is -2.34. The van der Waals surface area contributed by atoms with Crippen molar-refractivity contribution in [2.24, 2.45) is 0 Å².